The van der Waals surface area contributed by atoms with Crippen molar-refractivity contribution >= 4 is 28.1 Å². The van der Waals surface area contributed by atoms with Gasteiger partial charge in [-0.3, -0.25) is 9.69 Å². The van der Waals surface area contributed by atoms with E-state index in [9.17, 15) is 9.90 Å². The number of hydrogen-bond donors (Lipinski definition) is 2. The smallest absolute Gasteiger partial charge is 0.225 e. The molecule has 0 unspecified atom stereocenters. The summed E-state index contributed by atoms with van der Waals surface area (Å²) in [4.78, 5) is 25.4. The summed E-state index contributed by atoms with van der Waals surface area (Å²) in [6, 6.07) is 6.11. The van der Waals surface area contributed by atoms with Crippen molar-refractivity contribution in [1.29, 1.82) is 0 Å². The lowest BCUT2D eigenvalue weighted by Gasteiger charge is -2.50. The van der Waals surface area contributed by atoms with Crippen LogP contribution in [-0.2, 0) is 16.8 Å². The van der Waals surface area contributed by atoms with Crippen molar-refractivity contribution < 1.29 is 14.6 Å². The van der Waals surface area contributed by atoms with Gasteiger partial charge in [-0.1, -0.05) is 0 Å². The average Bonchev–Trinajstić information content (AvgIpc) is 3.42. The van der Waals surface area contributed by atoms with Gasteiger partial charge >= 0.3 is 0 Å². The maximum absolute atomic E-state index is 12.7. The van der Waals surface area contributed by atoms with Crippen LogP contribution in [-0.4, -0.2) is 64.1 Å². The molecule has 1 saturated carbocycles. The van der Waals surface area contributed by atoms with Gasteiger partial charge in [-0.15, -0.1) is 11.3 Å². The van der Waals surface area contributed by atoms with E-state index in [-0.39, 0.29) is 24.0 Å². The van der Waals surface area contributed by atoms with Crippen LogP contribution in [0.4, 0.5) is 0 Å². The van der Waals surface area contributed by atoms with Gasteiger partial charge in [-0.05, 0) is 43.4 Å². The Hall–Kier alpha value is -2.42. The van der Waals surface area contributed by atoms with Crippen LogP contribution < -0.4 is 4.74 Å². The number of thiazole rings is 1. The highest BCUT2D eigenvalue weighted by Crippen LogP contribution is 2.49. The van der Waals surface area contributed by atoms with E-state index >= 15 is 0 Å². The lowest BCUT2D eigenvalue weighted by atomic mass is 9.68. The number of hydrogen-bond acceptors (Lipinski definition) is 6. The van der Waals surface area contributed by atoms with Crippen LogP contribution in [0.25, 0.3) is 10.9 Å². The lowest BCUT2D eigenvalue weighted by Crippen LogP contribution is -2.54. The number of aromatic amines is 1. The summed E-state index contributed by atoms with van der Waals surface area (Å²) in [5.74, 6) is 1.43. The zero-order valence-electron chi connectivity index (χ0n) is 18.9. The number of piperidine rings is 1. The molecule has 2 aromatic heterocycles. The number of rotatable bonds is 5. The van der Waals surface area contributed by atoms with E-state index in [2.05, 4.69) is 25.8 Å². The number of aliphatic hydroxyl groups is 1. The molecule has 1 amide bonds. The fourth-order valence-corrected chi connectivity index (χ4v) is 6.58. The Bertz CT molecular complexity index is 1160. The first-order valence-corrected chi connectivity index (χ1v) is 12.7. The Morgan fingerprint density at radius 1 is 1.33 bits per heavy atom. The zero-order valence-corrected chi connectivity index (χ0v) is 19.7. The van der Waals surface area contributed by atoms with Gasteiger partial charge in [-0.25, -0.2) is 4.98 Å². The molecular weight excluding hydrogens is 436 g/mol. The number of H-pyrrole nitrogens is 1. The van der Waals surface area contributed by atoms with Crippen molar-refractivity contribution in [3.05, 3.63) is 46.0 Å². The van der Waals surface area contributed by atoms with E-state index in [1.54, 1.807) is 18.4 Å². The monoisotopic (exact) mass is 466 g/mol. The van der Waals surface area contributed by atoms with Crippen LogP contribution in [0, 0.1) is 5.92 Å². The molecular formula is C25H30N4O3S. The molecule has 3 aliphatic rings. The van der Waals surface area contributed by atoms with Crippen LogP contribution in [0.15, 0.2) is 29.8 Å². The maximum Gasteiger partial charge on any atom is 0.225 e. The molecule has 4 heterocycles. The lowest BCUT2D eigenvalue weighted by molar-refractivity contribution is -0.134. The molecule has 6 rings (SSSR count). The van der Waals surface area contributed by atoms with Gasteiger partial charge in [0.05, 0.1) is 26.3 Å². The van der Waals surface area contributed by atoms with Crippen LogP contribution in [0.2, 0.25) is 0 Å². The van der Waals surface area contributed by atoms with E-state index in [1.165, 1.54) is 10.9 Å². The number of carbonyl (C=O) groups is 1. The summed E-state index contributed by atoms with van der Waals surface area (Å²) < 4.78 is 5.47. The normalized spacial score (nSPS) is 22.6. The topological polar surface area (TPSA) is 81.7 Å². The molecule has 8 heteroatoms. The number of nitrogens with zero attached hydrogens (tertiary/aromatic N) is 3. The van der Waals surface area contributed by atoms with Crippen LogP contribution >= 0.6 is 11.3 Å². The Morgan fingerprint density at radius 3 is 2.82 bits per heavy atom. The Balaban J connectivity index is 1.42. The highest BCUT2D eigenvalue weighted by Gasteiger charge is 2.48. The van der Waals surface area contributed by atoms with E-state index in [4.69, 9.17) is 4.74 Å². The van der Waals surface area contributed by atoms with Crippen LogP contribution in [0.1, 0.15) is 48.0 Å². The number of likely N-dealkylation sites (tertiary alicyclic amines) is 1. The third-order valence-corrected chi connectivity index (χ3v) is 8.56. The first-order valence-electron chi connectivity index (χ1n) is 11.8. The van der Waals surface area contributed by atoms with Crippen molar-refractivity contribution in [3.8, 4) is 5.75 Å². The standard InChI is InChI=1S/C25H30N4O3S/c1-32-17-4-5-18-19(12-17)27-23-20(14-30)29(13-21-26-8-11-33-21)15-25(22(18)23)6-9-28(10-7-25)24(31)16-2-3-16/h4-5,8,11-12,16,20,27,30H,2-3,6-7,9-10,13-15H2,1H3/t20-/m0/s1. The zero-order chi connectivity index (χ0) is 22.6. The second-order valence-electron chi connectivity index (χ2n) is 9.73. The molecule has 3 aromatic rings. The molecule has 2 N–H and O–H groups in total. The van der Waals surface area contributed by atoms with E-state index in [0.717, 1.165) is 67.3 Å². The predicted molar refractivity (Wildman–Crippen MR) is 127 cm³/mol. The number of amides is 1. The number of benzene rings is 1. The number of aliphatic hydroxyl groups excluding tert-OH is 1. The highest BCUT2D eigenvalue weighted by molar-refractivity contribution is 7.09. The Labute approximate surface area is 197 Å². The minimum Gasteiger partial charge on any atom is -0.497 e. The minimum atomic E-state index is -0.112. The first kappa shape index (κ1) is 21.1. The molecule has 1 spiro atoms. The summed E-state index contributed by atoms with van der Waals surface area (Å²) in [5.41, 5.74) is 3.41. The molecule has 0 bridgehead atoms. The van der Waals surface area contributed by atoms with Crippen LogP contribution in [0.5, 0.6) is 5.75 Å². The molecule has 1 aromatic carbocycles. The van der Waals surface area contributed by atoms with Gasteiger partial charge < -0.3 is 19.7 Å². The molecule has 2 aliphatic heterocycles. The van der Waals surface area contributed by atoms with E-state index < -0.39 is 0 Å². The maximum atomic E-state index is 12.7. The van der Waals surface area contributed by atoms with Gasteiger partial charge in [0.2, 0.25) is 5.91 Å². The summed E-state index contributed by atoms with van der Waals surface area (Å²) in [7, 11) is 1.68. The summed E-state index contributed by atoms with van der Waals surface area (Å²) in [6.07, 6.45) is 5.81. The molecule has 2 fully saturated rings. The highest BCUT2D eigenvalue weighted by atomic mass is 32.1. The predicted octanol–water partition coefficient (Wildman–Crippen LogP) is 3.45. The summed E-state index contributed by atoms with van der Waals surface area (Å²) >= 11 is 1.66. The quantitative estimate of drug-likeness (QED) is 0.602. The molecule has 1 atom stereocenters. The number of ether oxygens (including phenoxy) is 1. The molecule has 174 valence electrons. The Kier molecular flexibility index (Phi) is 5.19. The van der Waals surface area contributed by atoms with E-state index in [0.29, 0.717) is 12.5 Å². The van der Waals surface area contributed by atoms with Crippen molar-refractivity contribution in [2.75, 3.05) is 33.4 Å². The Morgan fingerprint density at radius 2 is 2.15 bits per heavy atom. The molecule has 1 saturated heterocycles. The second kappa shape index (κ2) is 8.11. The molecule has 1 aliphatic carbocycles. The van der Waals surface area contributed by atoms with E-state index in [1.807, 2.05) is 23.7 Å². The summed E-state index contributed by atoms with van der Waals surface area (Å²) in [6.45, 7) is 3.21. The third-order valence-electron chi connectivity index (χ3n) is 7.80. The number of aromatic nitrogens is 2. The van der Waals surface area contributed by atoms with Gasteiger partial charge in [0.15, 0.2) is 0 Å². The molecule has 0 radical (unpaired) electrons. The second-order valence-corrected chi connectivity index (χ2v) is 10.7. The fraction of sp³-hybridized carbons (Fsp3) is 0.520. The van der Waals surface area contributed by atoms with Crippen molar-refractivity contribution in [1.82, 2.24) is 19.8 Å². The van der Waals surface area contributed by atoms with Crippen LogP contribution in [0.3, 0.4) is 0 Å². The van der Waals surface area contributed by atoms with Crippen molar-refractivity contribution in [2.45, 2.75) is 43.7 Å². The van der Waals surface area contributed by atoms with Crippen molar-refractivity contribution in [2.24, 2.45) is 5.92 Å². The van der Waals surface area contributed by atoms with Gasteiger partial charge in [0, 0.05) is 65.2 Å². The molecule has 33 heavy (non-hydrogen) atoms. The van der Waals surface area contributed by atoms with Gasteiger partial charge in [0.25, 0.3) is 0 Å². The SMILES string of the molecule is COc1ccc2c3c([nH]c2c1)[C@H](CO)N(Cc1nccs1)CC31CCN(C(=O)C2CC2)CC1. The average molecular weight is 467 g/mol. The largest absolute Gasteiger partial charge is 0.497 e. The fourth-order valence-electron chi connectivity index (χ4n) is 5.94. The first-order chi connectivity index (χ1) is 16.1. The minimum absolute atomic E-state index is 0.0463. The van der Waals surface area contributed by atoms with Crippen molar-refractivity contribution in [3.63, 3.8) is 0 Å². The summed E-state index contributed by atoms with van der Waals surface area (Å²) in [5, 5.41) is 14.8. The number of methoxy groups -OCH3 is 1. The number of carbonyl (C=O) groups excluding carboxylic acids is 1. The molecule has 7 nitrogen and oxygen atoms in total. The third kappa shape index (κ3) is 3.55. The van der Waals surface area contributed by atoms with Gasteiger partial charge in [-0.2, -0.15) is 0 Å². The number of fused-ring (bicyclic) bond motifs is 4. The van der Waals surface area contributed by atoms with Gasteiger partial charge in [0.1, 0.15) is 10.8 Å². The number of nitrogens with one attached hydrogen (secondary N) is 1.